The molecule has 1 aromatic heterocycles. The highest BCUT2D eigenvalue weighted by Crippen LogP contribution is 2.26. The van der Waals surface area contributed by atoms with E-state index in [1.165, 1.54) is 15.1 Å². The van der Waals surface area contributed by atoms with Crippen molar-refractivity contribution in [1.82, 2.24) is 14.1 Å². The summed E-state index contributed by atoms with van der Waals surface area (Å²) < 4.78 is 34.5. The average Bonchev–Trinajstić information content (AvgIpc) is 2.77. The number of ether oxygens (including phenoxy) is 1. The van der Waals surface area contributed by atoms with Gasteiger partial charge < -0.3 is 4.74 Å². The Morgan fingerprint density at radius 3 is 2.45 bits per heavy atom. The van der Waals surface area contributed by atoms with E-state index in [0.717, 1.165) is 11.1 Å². The predicted octanol–water partition coefficient (Wildman–Crippen LogP) is 2.60. The SMILES string of the molecule is Cc1ccccc1Cn1nc(-c2ccc(C)c(S(=O)(=O)N3CCOCC3)c2)ccc1=O. The van der Waals surface area contributed by atoms with Gasteiger partial charge in [-0.25, -0.2) is 13.1 Å². The number of hydrogen-bond donors (Lipinski definition) is 0. The first-order valence-corrected chi connectivity index (χ1v) is 11.6. The molecule has 0 unspecified atom stereocenters. The van der Waals surface area contributed by atoms with Gasteiger partial charge in [-0.2, -0.15) is 9.40 Å². The van der Waals surface area contributed by atoms with E-state index in [1.807, 2.05) is 37.3 Å². The molecule has 4 rings (SSSR count). The highest BCUT2D eigenvalue weighted by atomic mass is 32.2. The number of sulfonamides is 1. The molecule has 8 heteroatoms. The summed E-state index contributed by atoms with van der Waals surface area (Å²) in [6.45, 7) is 5.59. The largest absolute Gasteiger partial charge is 0.379 e. The lowest BCUT2D eigenvalue weighted by atomic mass is 10.1. The molecule has 1 aliphatic rings. The first-order chi connectivity index (χ1) is 14.9. The minimum Gasteiger partial charge on any atom is -0.379 e. The Balaban J connectivity index is 1.71. The standard InChI is InChI=1S/C23H25N3O4S/c1-17-5-3-4-6-20(17)16-26-23(27)10-9-21(24-26)19-8-7-18(2)22(15-19)31(28,29)25-11-13-30-14-12-25/h3-10,15H,11-14,16H2,1-2H3. The summed E-state index contributed by atoms with van der Waals surface area (Å²) >= 11 is 0. The van der Waals surface area contributed by atoms with Gasteiger partial charge in [0.2, 0.25) is 10.0 Å². The summed E-state index contributed by atoms with van der Waals surface area (Å²) in [6, 6.07) is 16.2. The van der Waals surface area contributed by atoms with E-state index in [9.17, 15) is 13.2 Å². The fourth-order valence-electron chi connectivity index (χ4n) is 3.63. The Bertz CT molecular complexity index is 1260. The fraction of sp³-hybridized carbons (Fsp3) is 0.304. The molecule has 2 aromatic carbocycles. The number of morpholine rings is 1. The third kappa shape index (κ3) is 4.46. The maximum atomic E-state index is 13.2. The van der Waals surface area contributed by atoms with Crippen LogP contribution in [-0.2, 0) is 21.3 Å². The lowest BCUT2D eigenvalue weighted by Gasteiger charge is -2.26. The third-order valence-corrected chi connectivity index (χ3v) is 7.56. The average molecular weight is 440 g/mol. The smallest absolute Gasteiger partial charge is 0.267 e. The number of aromatic nitrogens is 2. The molecule has 0 saturated carbocycles. The van der Waals surface area contributed by atoms with Crippen LogP contribution in [0.4, 0.5) is 0 Å². The molecule has 31 heavy (non-hydrogen) atoms. The summed E-state index contributed by atoms with van der Waals surface area (Å²) in [5.74, 6) is 0. The van der Waals surface area contributed by atoms with Crippen molar-refractivity contribution in [1.29, 1.82) is 0 Å². The molecule has 1 fully saturated rings. The van der Waals surface area contributed by atoms with Crippen LogP contribution in [0.5, 0.6) is 0 Å². The molecule has 3 aromatic rings. The highest BCUT2D eigenvalue weighted by Gasteiger charge is 2.28. The van der Waals surface area contributed by atoms with Gasteiger partial charge in [0.1, 0.15) is 0 Å². The van der Waals surface area contributed by atoms with Crippen LogP contribution in [-0.4, -0.2) is 48.8 Å². The van der Waals surface area contributed by atoms with Crippen LogP contribution in [0.3, 0.4) is 0 Å². The zero-order valence-electron chi connectivity index (χ0n) is 17.6. The van der Waals surface area contributed by atoms with E-state index in [4.69, 9.17) is 4.74 Å². The van der Waals surface area contributed by atoms with Crippen molar-refractivity contribution in [2.75, 3.05) is 26.3 Å². The van der Waals surface area contributed by atoms with E-state index >= 15 is 0 Å². The Hall–Kier alpha value is -2.81. The molecule has 0 bridgehead atoms. The van der Waals surface area contributed by atoms with Gasteiger partial charge in [0, 0.05) is 24.7 Å². The lowest BCUT2D eigenvalue weighted by molar-refractivity contribution is 0.0730. The highest BCUT2D eigenvalue weighted by molar-refractivity contribution is 7.89. The van der Waals surface area contributed by atoms with Gasteiger partial charge in [0.05, 0.1) is 30.3 Å². The molecule has 0 aliphatic carbocycles. The summed E-state index contributed by atoms with van der Waals surface area (Å²) in [4.78, 5) is 12.6. The van der Waals surface area contributed by atoms with Crippen molar-refractivity contribution in [3.05, 3.63) is 81.6 Å². The van der Waals surface area contributed by atoms with Crippen LogP contribution in [0.2, 0.25) is 0 Å². The van der Waals surface area contributed by atoms with Crippen molar-refractivity contribution in [2.45, 2.75) is 25.3 Å². The molecule has 0 radical (unpaired) electrons. The van der Waals surface area contributed by atoms with Crippen molar-refractivity contribution in [3.8, 4) is 11.3 Å². The van der Waals surface area contributed by atoms with Crippen LogP contribution >= 0.6 is 0 Å². The monoisotopic (exact) mass is 439 g/mol. The summed E-state index contributed by atoms with van der Waals surface area (Å²) in [5.41, 5.74) is 3.75. The van der Waals surface area contributed by atoms with Crippen molar-refractivity contribution < 1.29 is 13.2 Å². The molecule has 0 atom stereocenters. The Morgan fingerprint density at radius 2 is 1.71 bits per heavy atom. The Labute approximate surface area is 182 Å². The maximum Gasteiger partial charge on any atom is 0.267 e. The van der Waals surface area contributed by atoms with Gasteiger partial charge in [-0.05, 0) is 42.7 Å². The third-order valence-electron chi connectivity index (χ3n) is 5.52. The number of hydrogen-bond acceptors (Lipinski definition) is 5. The summed E-state index contributed by atoms with van der Waals surface area (Å²) in [7, 11) is -3.64. The van der Waals surface area contributed by atoms with Crippen molar-refractivity contribution in [3.63, 3.8) is 0 Å². The second kappa shape index (κ2) is 8.74. The number of aryl methyl sites for hydroxylation is 2. The minimum atomic E-state index is -3.64. The molecule has 7 nitrogen and oxygen atoms in total. The number of benzene rings is 2. The van der Waals surface area contributed by atoms with E-state index in [1.54, 1.807) is 25.1 Å². The summed E-state index contributed by atoms with van der Waals surface area (Å²) in [6.07, 6.45) is 0. The molecule has 0 amide bonds. The number of rotatable bonds is 5. The first-order valence-electron chi connectivity index (χ1n) is 10.2. The van der Waals surface area contributed by atoms with Gasteiger partial charge in [0.25, 0.3) is 5.56 Å². The van der Waals surface area contributed by atoms with Crippen LogP contribution in [0, 0.1) is 13.8 Å². The van der Waals surface area contributed by atoms with Crippen LogP contribution in [0.1, 0.15) is 16.7 Å². The first kappa shape index (κ1) is 21.4. The van der Waals surface area contributed by atoms with Gasteiger partial charge in [-0.15, -0.1) is 0 Å². The second-order valence-corrected chi connectivity index (χ2v) is 9.54. The zero-order chi connectivity index (χ0) is 22.0. The molecule has 2 heterocycles. The van der Waals surface area contributed by atoms with Crippen LogP contribution in [0.25, 0.3) is 11.3 Å². The normalized spacial score (nSPS) is 15.2. The van der Waals surface area contributed by atoms with E-state index in [-0.39, 0.29) is 10.5 Å². The van der Waals surface area contributed by atoms with Gasteiger partial charge >= 0.3 is 0 Å². The van der Waals surface area contributed by atoms with Crippen LogP contribution in [0.15, 0.2) is 64.3 Å². The van der Waals surface area contributed by atoms with Gasteiger partial charge in [0.15, 0.2) is 0 Å². The van der Waals surface area contributed by atoms with E-state index < -0.39 is 10.0 Å². The van der Waals surface area contributed by atoms with Gasteiger partial charge in [-0.3, -0.25) is 4.79 Å². The van der Waals surface area contributed by atoms with Gasteiger partial charge in [-0.1, -0.05) is 36.4 Å². The molecule has 0 spiro atoms. The summed E-state index contributed by atoms with van der Waals surface area (Å²) in [5, 5.41) is 4.52. The maximum absolute atomic E-state index is 13.2. The lowest BCUT2D eigenvalue weighted by Crippen LogP contribution is -2.40. The molecule has 0 N–H and O–H groups in total. The predicted molar refractivity (Wildman–Crippen MR) is 119 cm³/mol. The van der Waals surface area contributed by atoms with E-state index in [2.05, 4.69) is 5.10 Å². The number of nitrogens with zero attached hydrogens (tertiary/aromatic N) is 3. The molecule has 162 valence electrons. The van der Waals surface area contributed by atoms with Crippen molar-refractivity contribution >= 4 is 10.0 Å². The quantitative estimate of drug-likeness (QED) is 0.610. The molecule has 1 aliphatic heterocycles. The fourth-order valence-corrected chi connectivity index (χ4v) is 5.29. The molecular weight excluding hydrogens is 414 g/mol. The molecule has 1 saturated heterocycles. The van der Waals surface area contributed by atoms with Crippen LogP contribution < -0.4 is 5.56 Å². The zero-order valence-corrected chi connectivity index (χ0v) is 18.4. The second-order valence-electron chi connectivity index (χ2n) is 7.64. The topological polar surface area (TPSA) is 81.5 Å². The Kier molecular flexibility index (Phi) is 6.04. The van der Waals surface area contributed by atoms with Crippen molar-refractivity contribution in [2.24, 2.45) is 0 Å². The van der Waals surface area contributed by atoms with E-state index in [0.29, 0.717) is 49.7 Å². The molecular formula is C23H25N3O4S. The minimum absolute atomic E-state index is 0.208. The Morgan fingerprint density at radius 1 is 0.968 bits per heavy atom.